The second-order valence-electron chi connectivity index (χ2n) is 5.07. The lowest BCUT2D eigenvalue weighted by molar-refractivity contribution is 0.864. The summed E-state index contributed by atoms with van der Waals surface area (Å²) in [6, 6.07) is 10.2. The Hall–Kier alpha value is -1.81. The van der Waals surface area contributed by atoms with E-state index in [4.69, 9.17) is 5.73 Å². The highest BCUT2D eigenvalue weighted by Gasteiger charge is 2.13. The van der Waals surface area contributed by atoms with Crippen molar-refractivity contribution in [2.45, 2.75) is 25.7 Å². The van der Waals surface area contributed by atoms with E-state index in [9.17, 15) is 0 Å². The van der Waals surface area contributed by atoms with Gasteiger partial charge in [0.05, 0.1) is 5.56 Å². The van der Waals surface area contributed by atoms with Crippen molar-refractivity contribution in [3.05, 3.63) is 42.0 Å². The second kappa shape index (κ2) is 6.09. The Morgan fingerprint density at radius 3 is 2.85 bits per heavy atom. The van der Waals surface area contributed by atoms with E-state index in [-0.39, 0.29) is 0 Å². The summed E-state index contributed by atoms with van der Waals surface area (Å²) in [5.41, 5.74) is 9.76. The predicted molar refractivity (Wildman–Crippen MR) is 87.0 cm³/mol. The van der Waals surface area contributed by atoms with Crippen LogP contribution in [0.3, 0.4) is 0 Å². The molecule has 0 fully saturated rings. The van der Waals surface area contributed by atoms with Gasteiger partial charge in [-0.25, -0.2) is 0 Å². The highest BCUT2D eigenvalue weighted by atomic mass is 32.1. The Kier molecular flexibility index (Phi) is 4.02. The summed E-state index contributed by atoms with van der Waals surface area (Å²) in [5.74, 6) is 0.615. The number of nitrogens with two attached hydrogens (primary N) is 1. The minimum Gasteiger partial charge on any atom is -0.382 e. The fraction of sp³-hybridized carbons (Fsp3) is 0.312. The quantitative estimate of drug-likeness (QED) is 0.805. The van der Waals surface area contributed by atoms with Crippen LogP contribution in [0.5, 0.6) is 0 Å². The van der Waals surface area contributed by atoms with E-state index in [1.54, 1.807) is 5.57 Å². The van der Waals surface area contributed by atoms with Crippen molar-refractivity contribution in [1.29, 1.82) is 0 Å². The first kappa shape index (κ1) is 13.2. The minimum absolute atomic E-state index is 0.615. The number of benzene rings is 1. The maximum atomic E-state index is 6.02. The van der Waals surface area contributed by atoms with Crippen LogP contribution in [0, 0.1) is 0 Å². The van der Waals surface area contributed by atoms with Gasteiger partial charge in [0, 0.05) is 6.54 Å². The van der Waals surface area contributed by atoms with Crippen LogP contribution in [0.15, 0.2) is 42.0 Å². The summed E-state index contributed by atoms with van der Waals surface area (Å²) in [6.45, 7) is 0.952. The molecule has 1 aliphatic rings. The molecule has 1 aromatic heterocycles. The van der Waals surface area contributed by atoms with Crippen molar-refractivity contribution in [1.82, 2.24) is 4.37 Å². The Balaban J connectivity index is 1.71. The molecule has 1 aliphatic carbocycles. The summed E-state index contributed by atoms with van der Waals surface area (Å²) in [5, 5.41) is 4.57. The van der Waals surface area contributed by atoms with Gasteiger partial charge in [-0.15, -0.1) is 0 Å². The third-order valence-corrected chi connectivity index (χ3v) is 4.47. The summed E-state index contributed by atoms with van der Waals surface area (Å²) in [6.07, 6.45) is 7.32. The molecule has 0 saturated heterocycles. The van der Waals surface area contributed by atoms with Gasteiger partial charge >= 0.3 is 0 Å². The molecular formula is C16H19N3S. The van der Waals surface area contributed by atoms with Crippen LogP contribution in [0.25, 0.3) is 11.1 Å². The van der Waals surface area contributed by atoms with Gasteiger partial charge in [0.1, 0.15) is 10.8 Å². The standard InChI is InChI=1S/C16H19N3S/c17-15-14(13-8-2-1-3-9-13)16(20-19-15)18-11-10-12-6-4-5-7-12/h1-3,6,8-9,18H,4-5,7,10-11H2,(H2,17,19). The van der Waals surface area contributed by atoms with Crippen molar-refractivity contribution in [3.63, 3.8) is 0 Å². The molecule has 4 heteroatoms. The van der Waals surface area contributed by atoms with Crippen LogP contribution in [0.4, 0.5) is 10.8 Å². The third-order valence-electron chi connectivity index (χ3n) is 3.65. The fourth-order valence-electron chi connectivity index (χ4n) is 2.61. The predicted octanol–water partition coefficient (Wildman–Crippen LogP) is 4.30. The molecule has 0 radical (unpaired) electrons. The number of aromatic nitrogens is 1. The molecule has 0 aliphatic heterocycles. The summed E-state index contributed by atoms with van der Waals surface area (Å²) in [4.78, 5) is 0. The average molecular weight is 285 g/mol. The molecular weight excluding hydrogens is 266 g/mol. The molecule has 1 aromatic carbocycles. The third kappa shape index (κ3) is 2.85. The van der Waals surface area contributed by atoms with Gasteiger partial charge in [-0.2, -0.15) is 4.37 Å². The SMILES string of the molecule is Nc1nsc(NCCC2=CCCC2)c1-c1ccccc1. The lowest BCUT2D eigenvalue weighted by atomic mass is 10.1. The van der Waals surface area contributed by atoms with Crippen molar-refractivity contribution >= 4 is 22.4 Å². The Bertz CT molecular complexity index is 601. The molecule has 2 aromatic rings. The zero-order chi connectivity index (χ0) is 13.8. The molecule has 3 N–H and O–H groups in total. The van der Waals surface area contributed by atoms with Crippen molar-refractivity contribution in [2.75, 3.05) is 17.6 Å². The van der Waals surface area contributed by atoms with Gasteiger partial charge in [-0.05, 0) is 42.8 Å². The highest BCUT2D eigenvalue weighted by Crippen LogP contribution is 2.36. The number of nitrogen functional groups attached to an aromatic ring is 1. The van der Waals surface area contributed by atoms with Crippen molar-refractivity contribution in [3.8, 4) is 11.1 Å². The lowest BCUT2D eigenvalue weighted by Crippen LogP contribution is -2.02. The number of anilines is 2. The van der Waals surface area contributed by atoms with E-state index in [2.05, 4.69) is 27.9 Å². The Morgan fingerprint density at radius 1 is 1.25 bits per heavy atom. The first-order valence-electron chi connectivity index (χ1n) is 7.07. The van der Waals surface area contributed by atoms with Crippen LogP contribution in [0.2, 0.25) is 0 Å². The fourth-order valence-corrected chi connectivity index (χ4v) is 3.37. The molecule has 0 unspecified atom stereocenters. The first-order chi connectivity index (χ1) is 9.84. The smallest absolute Gasteiger partial charge is 0.147 e. The molecule has 0 saturated carbocycles. The topological polar surface area (TPSA) is 50.9 Å². The number of rotatable bonds is 5. The van der Waals surface area contributed by atoms with Gasteiger partial charge in [0.15, 0.2) is 0 Å². The van der Waals surface area contributed by atoms with Gasteiger partial charge in [0.2, 0.25) is 0 Å². The van der Waals surface area contributed by atoms with Gasteiger partial charge in [-0.3, -0.25) is 0 Å². The number of allylic oxidation sites excluding steroid dienone is 1. The molecule has 0 bridgehead atoms. The minimum atomic E-state index is 0.615. The van der Waals surface area contributed by atoms with Gasteiger partial charge in [-0.1, -0.05) is 42.0 Å². The highest BCUT2D eigenvalue weighted by molar-refractivity contribution is 7.11. The Labute approximate surface area is 123 Å². The largest absolute Gasteiger partial charge is 0.382 e. The number of hydrogen-bond donors (Lipinski definition) is 2. The maximum absolute atomic E-state index is 6.02. The van der Waals surface area contributed by atoms with E-state index in [1.807, 2.05) is 18.2 Å². The van der Waals surface area contributed by atoms with Gasteiger partial charge < -0.3 is 11.1 Å². The van der Waals surface area contributed by atoms with Crippen LogP contribution in [-0.4, -0.2) is 10.9 Å². The van der Waals surface area contributed by atoms with Crippen LogP contribution in [-0.2, 0) is 0 Å². The molecule has 20 heavy (non-hydrogen) atoms. The van der Waals surface area contributed by atoms with E-state index >= 15 is 0 Å². The molecule has 0 atom stereocenters. The van der Waals surface area contributed by atoms with E-state index < -0.39 is 0 Å². The normalized spacial score (nSPS) is 14.3. The van der Waals surface area contributed by atoms with E-state index in [0.717, 1.165) is 29.1 Å². The Morgan fingerprint density at radius 2 is 2.10 bits per heavy atom. The molecule has 3 rings (SSSR count). The zero-order valence-electron chi connectivity index (χ0n) is 11.4. The van der Waals surface area contributed by atoms with Crippen LogP contribution >= 0.6 is 11.5 Å². The van der Waals surface area contributed by atoms with Crippen molar-refractivity contribution < 1.29 is 0 Å². The van der Waals surface area contributed by atoms with Crippen molar-refractivity contribution in [2.24, 2.45) is 0 Å². The average Bonchev–Trinajstić information content (AvgIpc) is 3.10. The monoisotopic (exact) mass is 285 g/mol. The molecule has 1 heterocycles. The van der Waals surface area contributed by atoms with Gasteiger partial charge in [0.25, 0.3) is 0 Å². The summed E-state index contributed by atoms with van der Waals surface area (Å²) >= 11 is 1.45. The molecule has 104 valence electrons. The lowest BCUT2D eigenvalue weighted by Gasteiger charge is -2.08. The van der Waals surface area contributed by atoms with Crippen LogP contribution in [0.1, 0.15) is 25.7 Å². The molecule has 0 spiro atoms. The molecule has 3 nitrogen and oxygen atoms in total. The first-order valence-corrected chi connectivity index (χ1v) is 7.84. The van der Waals surface area contributed by atoms with Crippen LogP contribution < -0.4 is 11.1 Å². The second-order valence-corrected chi connectivity index (χ2v) is 5.84. The summed E-state index contributed by atoms with van der Waals surface area (Å²) in [7, 11) is 0. The molecule has 0 amide bonds. The number of hydrogen-bond acceptors (Lipinski definition) is 4. The zero-order valence-corrected chi connectivity index (χ0v) is 12.2. The van der Waals surface area contributed by atoms with E-state index in [1.165, 1.54) is 30.8 Å². The summed E-state index contributed by atoms with van der Waals surface area (Å²) < 4.78 is 4.29. The van der Waals surface area contributed by atoms with E-state index in [0.29, 0.717) is 5.82 Å². The maximum Gasteiger partial charge on any atom is 0.147 e. The number of nitrogens with one attached hydrogen (secondary N) is 1. The number of nitrogens with zero attached hydrogens (tertiary/aromatic N) is 1.